The first-order valence-corrected chi connectivity index (χ1v) is 7.96. The maximum atomic E-state index is 12.4. The summed E-state index contributed by atoms with van der Waals surface area (Å²) in [7, 11) is 1.64. The van der Waals surface area contributed by atoms with Crippen LogP contribution in [0.1, 0.15) is 21.5 Å². The fourth-order valence-corrected chi connectivity index (χ4v) is 2.73. The lowest BCUT2D eigenvalue weighted by molar-refractivity contribution is -0.688. The molecule has 3 aromatic rings. The normalized spacial score (nSPS) is 10.4. The Morgan fingerprint density at radius 2 is 1.67 bits per heavy atom. The highest BCUT2D eigenvalue weighted by Crippen LogP contribution is 2.22. The first-order chi connectivity index (χ1) is 11.7. The summed E-state index contributed by atoms with van der Waals surface area (Å²) in [5.41, 5.74) is 2.33. The molecule has 0 amide bonds. The van der Waals surface area contributed by atoms with Crippen molar-refractivity contribution in [3.63, 3.8) is 0 Å². The molecule has 0 unspecified atom stereocenters. The first-order valence-electron chi connectivity index (χ1n) is 7.58. The van der Waals surface area contributed by atoms with Crippen LogP contribution in [-0.2, 0) is 6.54 Å². The summed E-state index contributed by atoms with van der Waals surface area (Å²) in [5.74, 6) is 0.805. The van der Waals surface area contributed by atoms with E-state index in [0.29, 0.717) is 22.7 Å². The minimum absolute atomic E-state index is 0.0167. The summed E-state index contributed by atoms with van der Waals surface area (Å²) in [4.78, 5) is 12.4. The van der Waals surface area contributed by atoms with Crippen molar-refractivity contribution in [2.24, 2.45) is 0 Å². The summed E-state index contributed by atoms with van der Waals surface area (Å²) < 4.78 is 7.35. The van der Waals surface area contributed by atoms with Crippen molar-refractivity contribution >= 4 is 17.4 Å². The van der Waals surface area contributed by atoms with Crippen molar-refractivity contribution in [2.75, 3.05) is 7.11 Å². The van der Waals surface area contributed by atoms with Crippen LogP contribution in [0.25, 0.3) is 0 Å². The van der Waals surface area contributed by atoms with Crippen molar-refractivity contribution in [1.29, 1.82) is 0 Å². The highest BCUT2D eigenvalue weighted by molar-refractivity contribution is 6.30. The van der Waals surface area contributed by atoms with E-state index >= 15 is 0 Å². The average molecular weight is 339 g/mol. The minimum atomic E-state index is 0.0167. The molecule has 3 nitrogen and oxygen atoms in total. The number of methoxy groups -OCH3 is 1. The Morgan fingerprint density at radius 3 is 2.33 bits per heavy atom. The lowest BCUT2D eigenvalue weighted by Crippen LogP contribution is -2.33. The molecule has 0 N–H and O–H groups in total. The van der Waals surface area contributed by atoms with Gasteiger partial charge in [0.25, 0.3) is 0 Å². The van der Waals surface area contributed by atoms with E-state index in [-0.39, 0.29) is 5.78 Å². The van der Waals surface area contributed by atoms with Crippen LogP contribution in [0, 0.1) is 0 Å². The Morgan fingerprint density at radius 1 is 1.00 bits per heavy atom. The van der Waals surface area contributed by atoms with Crippen LogP contribution in [0.2, 0.25) is 5.02 Å². The zero-order chi connectivity index (χ0) is 16.9. The van der Waals surface area contributed by atoms with E-state index < -0.39 is 0 Å². The molecule has 3 rings (SSSR count). The summed E-state index contributed by atoms with van der Waals surface area (Å²) >= 11 is 6.07. The van der Waals surface area contributed by atoms with E-state index in [1.165, 1.54) is 0 Å². The van der Waals surface area contributed by atoms with Gasteiger partial charge in [0.05, 0.1) is 12.7 Å². The molecule has 24 heavy (non-hydrogen) atoms. The van der Waals surface area contributed by atoms with E-state index in [4.69, 9.17) is 16.3 Å². The van der Waals surface area contributed by atoms with Gasteiger partial charge in [-0.3, -0.25) is 4.79 Å². The number of aromatic nitrogens is 1. The molecule has 1 aromatic heterocycles. The fraction of sp³-hybridized carbons (Fsp3) is 0.100. The monoisotopic (exact) mass is 338 g/mol. The van der Waals surface area contributed by atoms with Gasteiger partial charge in [0.2, 0.25) is 0 Å². The number of benzene rings is 2. The molecule has 0 aliphatic heterocycles. The minimum Gasteiger partial charge on any atom is -0.496 e. The number of halogens is 1. The largest absolute Gasteiger partial charge is 0.496 e. The van der Waals surface area contributed by atoms with Gasteiger partial charge in [-0.1, -0.05) is 41.9 Å². The second-order valence-electron chi connectivity index (χ2n) is 5.41. The summed E-state index contributed by atoms with van der Waals surface area (Å²) in [6.45, 7) is 0.615. The van der Waals surface area contributed by atoms with Crippen molar-refractivity contribution in [3.05, 3.63) is 94.8 Å². The Balaban J connectivity index is 1.80. The molecule has 0 fully saturated rings. The molecule has 0 radical (unpaired) electrons. The number of pyridine rings is 1. The molecule has 0 bridgehead atoms. The van der Waals surface area contributed by atoms with Crippen molar-refractivity contribution < 1.29 is 14.1 Å². The van der Waals surface area contributed by atoms with Gasteiger partial charge in [0.15, 0.2) is 24.7 Å². The number of hydrogen-bond donors (Lipinski definition) is 0. The molecule has 0 aliphatic carbocycles. The predicted octanol–water partition coefficient (Wildman–Crippen LogP) is 3.92. The maximum absolute atomic E-state index is 12.4. The summed E-state index contributed by atoms with van der Waals surface area (Å²) in [6, 6.07) is 18.5. The summed E-state index contributed by atoms with van der Waals surface area (Å²) in [5, 5.41) is 0.669. The van der Waals surface area contributed by atoms with E-state index in [9.17, 15) is 4.79 Å². The standard InChI is InChI=1S/C20H17ClNO2/c1-24-19-8-7-18(21)13-17(19)14-22-11-9-16(10-12-22)20(23)15-5-3-2-4-6-15/h2-13H,14H2,1H3/q+1. The molecular formula is C20H17ClNO2+. The Labute approximate surface area is 146 Å². The summed E-state index contributed by atoms with van der Waals surface area (Å²) in [6.07, 6.45) is 3.77. The molecule has 0 saturated heterocycles. The van der Waals surface area contributed by atoms with Gasteiger partial charge in [0.1, 0.15) is 5.75 Å². The van der Waals surface area contributed by atoms with Crippen LogP contribution in [0.15, 0.2) is 73.1 Å². The lowest BCUT2D eigenvalue weighted by atomic mass is 10.0. The van der Waals surface area contributed by atoms with Gasteiger partial charge in [-0.05, 0) is 18.2 Å². The van der Waals surface area contributed by atoms with Gasteiger partial charge in [-0.2, -0.15) is 0 Å². The first kappa shape index (κ1) is 16.2. The van der Waals surface area contributed by atoms with Gasteiger partial charge in [0, 0.05) is 28.3 Å². The molecule has 0 atom stereocenters. The Kier molecular flexibility index (Phi) is 4.92. The van der Waals surface area contributed by atoms with Crippen LogP contribution >= 0.6 is 11.6 Å². The van der Waals surface area contributed by atoms with Crippen LogP contribution in [-0.4, -0.2) is 12.9 Å². The highest BCUT2D eigenvalue weighted by Gasteiger charge is 2.13. The van der Waals surface area contributed by atoms with Crippen LogP contribution in [0.4, 0.5) is 0 Å². The lowest BCUT2D eigenvalue weighted by Gasteiger charge is -2.06. The quantitative estimate of drug-likeness (QED) is 0.521. The van der Waals surface area contributed by atoms with E-state index in [1.807, 2.05) is 71.6 Å². The van der Waals surface area contributed by atoms with Gasteiger partial charge >= 0.3 is 0 Å². The third-order valence-corrected chi connectivity index (χ3v) is 4.02. The van der Waals surface area contributed by atoms with Crippen LogP contribution < -0.4 is 9.30 Å². The highest BCUT2D eigenvalue weighted by atomic mass is 35.5. The van der Waals surface area contributed by atoms with Gasteiger partial charge in [-0.25, -0.2) is 4.57 Å². The molecule has 1 heterocycles. The fourth-order valence-electron chi connectivity index (χ4n) is 2.54. The van der Waals surface area contributed by atoms with Crippen molar-refractivity contribution in [3.8, 4) is 5.75 Å². The average Bonchev–Trinajstić information content (AvgIpc) is 2.63. The third kappa shape index (κ3) is 3.63. The van der Waals surface area contributed by atoms with E-state index in [2.05, 4.69) is 0 Å². The number of ketones is 1. The topological polar surface area (TPSA) is 30.2 Å². The molecule has 4 heteroatoms. The number of nitrogens with zero attached hydrogens (tertiary/aromatic N) is 1. The van der Waals surface area contributed by atoms with Crippen molar-refractivity contribution in [2.45, 2.75) is 6.54 Å². The molecule has 0 saturated carbocycles. The number of hydrogen-bond acceptors (Lipinski definition) is 2. The maximum Gasteiger partial charge on any atom is 0.193 e. The Hall–Kier alpha value is -2.65. The number of carbonyl (C=O) groups excluding carboxylic acids is 1. The zero-order valence-electron chi connectivity index (χ0n) is 13.3. The molecule has 120 valence electrons. The van der Waals surface area contributed by atoms with Crippen LogP contribution in [0.5, 0.6) is 5.75 Å². The molecule has 2 aromatic carbocycles. The van der Waals surface area contributed by atoms with Gasteiger partial charge < -0.3 is 4.74 Å². The van der Waals surface area contributed by atoms with E-state index in [0.717, 1.165) is 11.3 Å². The SMILES string of the molecule is COc1ccc(Cl)cc1C[n+]1ccc(C(=O)c2ccccc2)cc1. The van der Waals surface area contributed by atoms with Gasteiger partial charge in [-0.15, -0.1) is 0 Å². The number of ether oxygens (including phenoxy) is 1. The number of carbonyl (C=O) groups is 1. The molecular weight excluding hydrogens is 322 g/mol. The third-order valence-electron chi connectivity index (χ3n) is 3.78. The van der Waals surface area contributed by atoms with Crippen LogP contribution in [0.3, 0.4) is 0 Å². The Bertz CT molecular complexity index is 845. The second kappa shape index (κ2) is 7.28. The van der Waals surface area contributed by atoms with Crippen molar-refractivity contribution in [1.82, 2.24) is 0 Å². The predicted molar refractivity (Wildman–Crippen MR) is 93.6 cm³/mol. The van der Waals surface area contributed by atoms with E-state index in [1.54, 1.807) is 13.2 Å². The zero-order valence-corrected chi connectivity index (χ0v) is 14.0. The number of rotatable bonds is 5. The molecule has 0 aliphatic rings. The second-order valence-corrected chi connectivity index (χ2v) is 5.85. The molecule has 0 spiro atoms. The smallest absolute Gasteiger partial charge is 0.193 e.